The molecule has 1 aliphatic rings. The molecule has 1 amide bonds. The summed E-state index contributed by atoms with van der Waals surface area (Å²) in [6, 6.07) is 7.63. The number of amides is 1. The second-order valence-corrected chi connectivity index (χ2v) is 6.57. The van der Waals surface area contributed by atoms with E-state index in [0.717, 1.165) is 23.8 Å². The Kier molecular flexibility index (Phi) is 5.78. The summed E-state index contributed by atoms with van der Waals surface area (Å²) in [4.78, 5) is 21.0. The van der Waals surface area contributed by atoms with E-state index in [-0.39, 0.29) is 5.91 Å². The van der Waals surface area contributed by atoms with Crippen LogP contribution in [0.5, 0.6) is 0 Å². The van der Waals surface area contributed by atoms with E-state index in [0.29, 0.717) is 31.2 Å². The van der Waals surface area contributed by atoms with Crippen LogP contribution < -0.4 is 10.2 Å². The normalized spacial score (nSPS) is 15.5. The summed E-state index contributed by atoms with van der Waals surface area (Å²) in [5.74, 6) is 0.794. The number of carbonyl (C=O) groups excluding carboxylic acids is 1. The molecule has 0 atom stereocenters. The van der Waals surface area contributed by atoms with E-state index in [1.54, 1.807) is 15.8 Å². The standard InChI is InChI=1S/C18H23ClN6O/c1-3-20-18(21-10-14-4-6-15(19)7-5-14)24-8-9-25(17(26)13-24)16-11-22-23(2)12-16/h4-7,11-12H,3,8-10,13H2,1-2H3,(H,20,21). The van der Waals surface area contributed by atoms with E-state index < -0.39 is 0 Å². The monoisotopic (exact) mass is 374 g/mol. The lowest BCUT2D eigenvalue weighted by Crippen LogP contribution is -2.55. The van der Waals surface area contributed by atoms with E-state index in [4.69, 9.17) is 11.6 Å². The van der Waals surface area contributed by atoms with E-state index in [1.807, 2.05) is 49.3 Å². The Bertz CT molecular complexity index is 785. The maximum atomic E-state index is 12.6. The lowest BCUT2D eigenvalue weighted by Gasteiger charge is -2.35. The minimum atomic E-state index is 0.0429. The van der Waals surface area contributed by atoms with Crippen molar-refractivity contribution in [3.63, 3.8) is 0 Å². The molecule has 0 radical (unpaired) electrons. The molecule has 1 fully saturated rings. The van der Waals surface area contributed by atoms with Gasteiger partial charge in [-0.25, -0.2) is 4.99 Å². The van der Waals surface area contributed by atoms with Gasteiger partial charge in [0.15, 0.2) is 5.96 Å². The molecule has 7 nitrogen and oxygen atoms in total. The molecule has 1 aliphatic heterocycles. The maximum absolute atomic E-state index is 12.6. The van der Waals surface area contributed by atoms with E-state index in [2.05, 4.69) is 15.4 Å². The highest BCUT2D eigenvalue weighted by Gasteiger charge is 2.27. The van der Waals surface area contributed by atoms with Gasteiger partial charge in [-0.2, -0.15) is 5.10 Å². The van der Waals surface area contributed by atoms with Gasteiger partial charge in [0, 0.05) is 37.9 Å². The van der Waals surface area contributed by atoms with Crippen LogP contribution in [0.15, 0.2) is 41.7 Å². The number of piperazine rings is 1. The van der Waals surface area contributed by atoms with Gasteiger partial charge in [0.2, 0.25) is 5.91 Å². The number of halogens is 1. The van der Waals surface area contributed by atoms with Gasteiger partial charge >= 0.3 is 0 Å². The largest absolute Gasteiger partial charge is 0.356 e. The predicted molar refractivity (Wildman–Crippen MR) is 103 cm³/mol. The van der Waals surface area contributed by atoms with Crippen LogP contribution in [0.1, 0.15) is 12.5 Å². The number of aromatic nitrogens is 2. The van der Waals surface area contributed by atoms with Crippen LogP contribution in [-0.2, 0) is 18.4 Å². The van der Waals surface area contributed by atoms with Gasteiger partial charge < -0.3 is 15.1 Å². The van der Waals surface area contributed by atoms with Crippen molar-refractivity contribution in [1.82, 2.24) is 20.0 Å². The molecule has 1 N–H and O–H groups in total. The quantitative estimate of drug-likeness (QED) is 0.655. The molecular formula is C18H23ClN6O. The zero-order valence-electron chi connectivity index (χ0n) is 15.0. The minimum Gasteiger partial charge on any atom is -0.356 e. The molecule has 2 heterocycles. The van der Waals surface area contributed by atoms with Crippen LogP contribution >= 0.6 is 11.6 Å². The molecule has 0 spiro atoms. The third-order valence-electron chi connectivity index (χ3n) is 4.18. The molecule has 1 saturated heterocycles. The highest BCUT2D eigenvalue weighted by Crippen LogP contribution is 2.16. The summed E-state index contributed by atoms with van der Waals surface area (Å²) in [6.07, 6.45) is 3.57. The van der Waals surface area contributed by atoms with Crippen molar-refractivity contribution in [3.8, 4) is 0 Å². The van der Waals surface area contributed by atoms with Gasteiger partial charge in [-0.3, -0.25) is 9.48 Å². The number of carbonyl (C=O) groups is 1. The summed E-state index contributed by atoms with van der Waals surface area (Å²) < 4.78 is 1.70. The Balaban J connectivity index is 1.68. The predicted octanol–water partition coefficient (Wildman–Crippen LogP) is 1.89. The fraction of sp³-hybridized carbons (Fsp3) is 0.389. The van der Waals surface area contributed by atoms with Gasteiger partial charge in [0.05, 0.1) is 18.4 Å². The number of benzene rings is 1. The molecule has 3 rings (SSSR count). The molecule has 2 aromatic rings. The van der Waals surface area contributed by atoms with Crippen LogP contribution in [0, 0.1) is 0 Å². The van der Waals surface area contributed by atoms with Crippen molar-refractivity contribution >= 4 is 29.2 Å². The number of rotatable bonds is 4. The molecule has 26 heavy (non-hydrogen) atoms. The first kappa shape index (κ1) is 18.3. The summed E-state index contributed by atoms with van der Waals surface area (Å²) >= 11 is 5.92. The molecule has 8 heteroatoms. The summed E-state index contributed by atoms with van der Waals surface area (Å²) in [5, 5.41) is 8.13. The summed E-state index contributed by atoms with van der Waals surface area (Å²) in [6.45, 7) is 4.92. The number of hydrogen-bond donors (Lipinski definition) is 1. The van der Waals surface area contributed by atoms with E-state index >= 15 is 0 Å². The third-order valence-corrected chi connectivity index (χ3v) is 4.43. The van der Waals surface area contributed by atoms with Crippen LogP contribution in [-0.4, -0.2) is 52.7 Å². The first-order valence-corrected chi connectivity index (χ1v) is 9.01. The van der Waals surface area contributed by atoms with Crippen molar-refractivity contribution in [2.24, 2.45) is 12.0 Å². The number of guanidine groups is 1. The van der Waals surface area contributed by atoms with Gasteiger partial charge in [-0.15, -0.1) is 0 Å². The lowest BCUT2D eigenvalue weighted by molar-refractivity contribution is -0.120. The first-order chi connectivity index (χ1) is 12.6. The molecule has 0 unspecified atom stereocenters. The number of aryl methyl sites for hydroxylation is 1. The van der Waals surface area contributed by atoms with Crippen molar-refractivity contribution in [2.75, 3.05) is 31.1 Å². The molecule has 138 valence electrons. The second kappa shape index (κ2) is 8.23. The van der Waals surface area contributed by atoms with Crippen LogP contribution in [0.4, 0.5) is 5.69 Å². The number of hydrogen-bond acceptors (Lipinski definition) is 3. The van der Waals surface area contributed by atoms with E-state index in [1.165, 1.54) is 0 Å². The van der Waals surface area contributed by atoms with Crippen molar-refractivity contribution in [2.45, 2.75) is 13.5 Å². The third kappa shape index (κ3) is 4.35. The minimum absolute atomic E-state index is 0.0429. The topological polar surface area (TPSA) is 65.8 Å². The van der Waals surface area contributed by atoms with E-state index in [9.17, 15) is 4.79 Å². The molecule has 0 saturated carbocycles. The Morgan fingerprint density at radius 3 is 2.69 bits per heavy atom. The number of anilines is 1. The summed E-state index contributed by atoms with van der Waals surface area (Å²) in [7, 11) is 1.84. The average molecular weight is 375 g/mol. The Morgan fingerprint density at radius 1 is 1.31 bits per heavy atom. The SMILES string of the molecule is CCNC(=NCc1ccc(Cl)cc1)N1CCN(c2cnn(C)c2)C(=O)C1. The zero-order valence-corrected chi connectivity index (χ0v) is 15.8. The van der Waals surface area contributed by atoms with Crippen LogP contribution in [0.3, 0.4) is 0 Å². The molecule has 0 bridgehead atoms. The van der Waals surface area contributed by atoms with Crippen LogP contribution in [0.2, 0.25) is 5.02 Å². The highest BCUT2D eigenvalue weighted by atomic mass is 35.5. The van der Waals surface area contributed by atoms with Gasteiger partial charge in [-0.05, 0) is 24.6 Å². The number of aliphatic imine (C=N–C) groups is 1. The fourth-order valence-corrected chi connectivity index (χ4v) is 2.98. The fourth-order valence-electron chi connectivity index (χ4n) is 2.86. The molecule has 1 aromatic heterocycles. The van der Waals surface area contributed by atoms with Crippen LogP contribution in [0.25, 0.3) is 0 Å². The molecular weight excluding hydrogens is 352 g/mol. The number of nitrogens with zero attached hydrogens (tertiary/aromatic N) is 5. The number of nitrogens with one attached hydrogen (secondary N) is 1. The Hall–Kier alpha value is -2.54. The Labute approximate surface area is 158 Å². The lowest BCUT2D eigenvalue weighted by atomic mass is 10.2. The zero-order chi connectivity index (χ0) is 18.5. The molecule has 1 aromatic carbocycles. The maximum Gasteiger partial charge on any atom is 0.246 e. The second-order valence-electron chi connectivity index (χ2n) is 6.14. The van der Waals surface area contributed by atoms with Gasteiger partial charge in [0.25, 0.3) is 0 Å². The first-order valence-electron chi connectivity index (χ1n) is 8.63. The average Bonchev–Trinajstić information content (AvgIpc) is 3.06. The van der Waals surface area contributed by atoms with Gasteiger partial charge in [0.1, 0.15) is 6.54 Å². The smallest absolute Gasteiger partial charge is 0.246 e. The van der Waals surface area contributed by atoms with Crippen molar-refractivity contribution < 1.29 is 4.79 Å². The van der Waals surface area contributed by atoms with Crippen molar-refractivity contribution in [3.05, 3.63) is 47.2 Å². The van der Waals surface area contributed by atoms with Crippen molar-refractivity contribution in [1.29, 1.82) is 0 Å². The van der Waals surface area contributed by atoms with Gasteiger partial charge in [-0.1, -0.05) is 23.7 Å². The highest BCUT2D eigenvalue weighted by molar-refractivity contribution is 6.30. The molecule has 0 aliphatic carbocycles. The summed E-state index contributed by atoms with van der Waals surface area (Å²) in [5.41, 5.74) is 1.91. The Morgan fingerprint density at radius 2 is 2.08 bits per heavy atom.